The van der Waals surface area contributed by atoms with Crippen LogP contribution in [0.25, 0.3) is 16.8 Å². The summed E-state index contributed by atoms with van der Waals surface area (Å²) in [5, 5.41) is 11.5. The number of nitrogens with zero attached hydrogens (tertiary/aromatic N) is 4. The summed E-state index contributed by atoms with van der Waals surface area (Å²) in [5.74, 6) is 0.749. The zero-order valence-electron chi connectivity index (χ0n) is 15.4. The topological polar surface area (TPSA) is 140 Å². The first-order chi connectivity index (χ1) is 13.1. The van der Waals surface area contributed by atoms with Crippen LogP contribution in [0, 0.1) is 0 Å². The number of benzene rings is 1. The number of rotatable bonds is 4. The van der Waals surface area contributed by atoms with Gasteiger partial charge in [0.1, 0.15) is 0 Å². The minimum atomic E-state index is 0. The van der Waals surface area contributed by atoms with Crippen molar-refractivity contribution in [3.8, 4) is 22.9 Å². The second-order valence-corrected chi connectivity index (χ2v) is 5.52. The van der Waals surface area contributed by atoms with Gasteiger partial charge in [-0.05, 0) is 36.4 Å². The number of hydrogen-bond acceptors (Lipinski definition) is 5. The zero-order valence-corrected chi connectivity index (χ0v) is 17.2. The number of hydrogen-bond donors (Lipinski definition) is 1. The molecule has 0 saturated heterocycles. The molecule has 0 spiro atoms. The van der Waals surface area contributed by atoms with Gasteiger partial charge < -0.3 is 25.8 Å². The summed E-state index contributed by atoms with van der Waals surface area (Å²) in [5.41, 5.74) is 11.1. The van der Waals surface area contributed by atoms with Gasteiger partial charge in [0.2, 0.25) is 5.75 Å². The number of nitrogens with two attached hydrogens (primary N) is 1. The molecular weight excluding hydrogens is 442 g/mol. The average molecular weight is 463 g/mol. The van der Waals surface area contributed by atoms with Gasteiger partial charge in [-0.25, -0.2) is 0 Å². The van der Waals surface area contributed by atoms with Crippen LogP contribution in [0.3, 0.4) is 0 Å². The van der Waals surface area contributed by atoms with Crippen molar-refractivity contribution in [2.75, 3.05) is 7.11 Å². The van der Waals surface area contributed by atoms with E-state index in [1.807, 2.05) is 36.4 Å². The molecule has 0 atom stereocenters. The summed E-state index contributed by atoms with van der Waals surface area (Å²) < 4.78 is 4.99. The molecule has 0 saturated carbocycles. The summed E-state index contributed by atoms with van der Waals surface area (Å²) in [6.45, 7) is 0. The molecule has 1 radical (unpaired) electrons. The van der Waals surface area contributed by atoms with Crippen LogP contribution >= 0.6 is 0 Å². The monoisotopic (exact) mass is 462 g/mol. The fourth-order valence-corrected chi connectivity index (χ4v) is 2.06. The Morgan fingerprint density at radius 2 is 1.66 bits per heavy atom. The molecule has 0 amide bonds. The first kappa shape index (κ1) is 26.1. The molecule has 0 aliphatic rings. The average Bonchev–Trinajstić information content (AvgIpc) is 2.71. The van der Waals surface area contributed by atoms with E-state index in [-0.39, 0.29) is 33.4 Å². The van der Waals surface area contributed by atoms with Gasteiger partial charge in [0.05, 0.1) is 24.1 Å². The number of thiol groups is 1. The Labute approximate surface area is 184 Å². The van der Waals surface area contributed by atoms with E-state index in [2.05, 4.69) is 32.7 Å². The summed E-state index contributed by atoms with van der Waals surface area (Å²) in [6.07, 6.45) is 4.96. The molecule has 3 aromatic rings. The standard InChI is InChI=1S/C10H8N2.C9H11N3O2S.Cu.H2O/c1-3-7-11-9(5-1)10-6-2-4-8-12-10;1-14-7-4-2-3-6(8(7)13)5-11-12-9(10)15;;/h1-8H;2-5H,1H3,(H4,10,11,12,13,15);;1H2/q;;+2;. The van der Waals surface area contributed by atoms with Crippen molar-refractivity contribution >= 4 is 23.5 Å². The summed E-state index contributed by atoms with van der Waals surface area (Å²) in [7, 11) is 1.51. The molecule has 5 N–H and O–H groups in total. The maximum absolute atomic E-state index is 7.72. The molecule has 8 nitrogen and oxygen atoms in total. The SMILES string of the molecule is COc1cccc(C=N[N-]C(N)=[SH+])c1[OH2+].[Cu+2].[OH-].c1ccc(-c2ccccn2)nc1. The minimum Gasteiger partial charge on any atom is -0.870 e. The van der Waals surface area contributed by atoms with Gasteiger partial charge in [-0.1, -0.05) is 18.2 Å². The van der Waals surface area contributed by atoms with Crippen LogP contribution in [-0.2, 0) is 29.3 Å². The Kier molecular flexibility index (Phi) is 12.8. The molecule has 10 heteroatoms. The van der Waals surface area contributed by atoms with Crippen molar-refractivity contribution in [3.05, 3.63) is 78.0 Å². The van der Waals surface area contributed by atoms with Crippen LogP contribution in [0.15, 0.2) is 72.1 Å². The van der Waals surface area contributed by atoms with Crippen LogP contribution in [0.5, 0.6) is 11.5 Å². The van der Waals surface area contributed by atoms with E-state index in [1.165, 1.54) is 13.3 Å². The van der Waals surface area contributed by atoms with Crippen LogP contribution in [0.2, 0.25) is 0 Å². The molecule has 0 unspecified atom stereocenters. The smallest absolute Gasteiger partial charge is 0.870 e. The van der Waals surface area contributed by atoms with Crippen molar-refractivity contribution in [3.63, 3.8) is 0 Å². The normalized spacial score (nSPS) is 9.31. The third-order valence-corrected chi connectivity index (χ3v) is 3.32. The number of ether oxygens (including phenoxy) is 1. The van der Waals surface area contributed by atoms with Gasteiger partial charge >= 0.3 is 22.8 Å². The number of para-hydroxylation sites is 1. The fraction of sp³-hybridized carbons (Fsp3) is 0.0526. The molecule has 2 heterocycles. The maximum atomic E-state index is 7.72. The number of methoxy groups -OCH3 is 1. The van der Waals surface area contributed by atoms with Gasteiger partial charge in [0.25, 0.3) is 0 Å². The Balaban J connectivity index is 0.000000514. The molecule has 0 aliphatic heterocycles. The van der Waals surface area contributed by atoms with Crippen molar-refractivity contribution in [2.24, 2.45) is 10.8 Å². The Morgan fingerprint density at radius 1 is 1.07 bits per heavy atom. The predicted molar refractivity (Wildman–Crippen MR) is 114 cm³/mol. The zero-order chi connectivity index (χ0) is 19.5. The Hall–Kier alpha value is -2.88. The van der Waals surface area contributed by atoms with Crippen LogP contribution in [0.4, 0.5) is 0 Å². The largest absolute Gasteiger partial charge is 2.00 e. The third-order valence-electron chi connectivity index (χ3n) is 3.23. The van der Waals surface area contributed by atoms with E-state index in [1.54, 1.807) is 30.6 Å². The van der Waals surface area contributed by atoms with Gasteiger partial charge in [-0.15, -0.1) is 0 Å². The van der Waals surface area contributed by atoms with Crippen LogP contribution < -0.4 is 10.5 Å². The molecule has 3 rings (SSSR count). The first-order valence-corrected chi connectivity index (χ1v) is 8.33. The molecule has 0 bridgehead atoms. The molecule has 0 aliphatic carbocycles. The molecule has 2 aromatic heterocycles. The second-order valence-electron chi connectivity index (χ2n) is 5.06. The molecular formula is C19H21CuN5O3S+2. The molecule has 155 valence electrons. The van der Waals surface area contributed by atoms with Crippen molar-refractivity contribution < 1.29 is 32.4 Å². The fourth-order valence-electron chi connectivity index (χ4n) is 2.00. The summed E-state index contributed by atoms with van der Waals surface area (Å²) in [6, 6.07) is 16.8. The summed E-state index contributed by atoms with van der Waals surface area (Å²) in [4.78, 5) is 8.37. The van der Waals surface area contributed by atoms with Gasteiger partial charge in [-0.2, -0.15) is 0 Å². The third kappa shape index (κ3) is 8.77. The number of aromatic nitrogens is 2. The minimum absolute atomic E-state index is 0. The maximum Gasteiger partial charge on any atom is 2.00 e. The Morgan fingerprint density at radius 3 is 2.10 bits per heavy atom. The van der Waals surface area contributed by atoms with E-state index in [9.17, 15) is 0 Å². The molecule has 29 heavy (non-hydrogen) atoms. The van der Waals surface area contributed by atoms with Gasteiger partial charge in [0, 0.05) is 18.6 Å². The van der Waals surface area contributed by atoms with E-state index in [4.69, 9.17) is 15.6 Å². The van der Waals surface area contributed by atoms with Gasteiger partial charge in [0.15, 0.2) is 17.3 Å². The molecule has 1 aromatic carbocycles. The molecule has 0 fully saturated rings. The first-order valence-electron chi connectivity index (χ1n) is 7.88. The summed E-state index contributed by atoms with van der Waals surface area (Å²) >= 11 is 3.75. The van der Waals surface area contributed by atoms with E-state index in [0.29, 0.717) is 11.3 Å². The van der Waals surface area contributed by atoms with E-state index >= 15 is 0 Å². The van der Waals surface area contributed by atoms with Gasteiger partial charge in [-0.3, -0.25) is 15.7 Å². The quantitative estimate of drug-likeness (QED) is 0.158. The van der Waals surface area contributed by atoms with Crippen LogP contribution in [-0.4, -0.2) is 39.0 Å². The van der Waals surface area contributed by atoms with Crippen LogP contribution in [0.1, 0.15) is 5.56 Å². The van der Waals surface area contributed by atoms with Crippen molar-refractivity contribution in [2.45, 2.75) is 0 Å². The predicted octanol–water partition coefficient (Wildman–Crippen LogP) is 2.13. The second kappa shape index (κ2) is 14.2. The van der Waals surface area contributed by atoms with Crippen molar-refractivity contribution in [1.82, 2.24) is 9.97 Å². The van der Waals surface area contributed by atoms with E-state index in [0.717, 1.165) is 11.4 Å². The van der Waals surface area contributed by atoms with Crippen molar-refractivity contribution in [1.29, 1.82) is 0 Å². The Bertz CT molecular complexity index is 861. The van der Waals surface area contributed by atoms with E-state index < -0.39 is 0 Å². The number of pyridine rings is 2.